The van der Waals surface area contributed by atoms with Crippen LogP contribution in [0.3, 0.4) is 0 Å². The molecule has 0 saturated heterocycles. The fraction of sp³-hybridized carbons (Fsp3) is 0.278. The maximum absolute atomic E-state index is 12.2. The second-order valence-electron chi connectivity index (χ2n) is 5.44. The van der Waals surface area contributed by atoms with Gasteiger partial charge >= 0.3 is 0 Å². The second-order valence-corrected chi connectivity index (χ2v) is 6.52. The monoisotopic (exact) mass is 344 g/mol. The molecule has 2 aromatic rings. The highest BCUT2D eigenvalue weighted by molar-refractivity contribution is 7.16. The minimum atomic E-state index is -0.145. The van der Waals surface area contributed by atoms with Gasteiger partial charge in [-0.05, 0) is 29.7 Å². The third-order valence-corrected chi connectivity index (χ3v) is 4.71. The van der Waals surface area contributed by atoms with Crippen molar-refractivity contribution in [3.05, 3.63) is 57.3 Å². The van der Waals surface area contributed by atoms with E-state index in [0.717, 1.165) is 11.1 Å². The lowest BCUT2D eigenvalue weighted by Gasteiger charge is -2.04. The standard InChI is InChI=1S/C18H20N2O3S/c1-12(21)20-11-14-4-2-13(3-5-14)6-7-15(22)17-8-9-18(24-17)16(23)10-19/h2-5,8-9H,6-7,10-11,19H2,1H3,(H,20,21). The molecule has 6 heteroatoms. The van der Waals surface area contributed by atoms with Crippen LogP contribution in [0.4, 0.5) is 0 Å². The number of ketones is 2. The lowest BCUT2D eigenvalue weighted by Crippen LogP contribution is -2.18. The number of benzene rings is 1. The first-order chi connectivity index (χ1) is 11.5. The number of amides is 1. The van der Waals surface area contributed by atoms with Crippen molar-refractivity contribution in [1.82, 2.24) is 5.32 Å². The number of hydrogen-bond donors (Lipinski definition) is 2. The highest BCUT2D eigenvalue weighted by Crippen LogP contribution is 2.19. The molecule has 0 unspecified atom stereocenters. The summed E-state index contributed by atoms with van der Waals surface area (Å²) >= 11 is 1.20. The van der Waals surface area contributed by atoms with Crippen LogP contribution in [-0.4, -0.2) is 24.0 Å². The number of hydrogen-bond acceptors (Lipinski definition) is 5. The number of rotatable bonds is 8. The molecule has 0 spiro atoms. The lowest BCUT2D eigenvalue weighted by atomic mass is 10.0. The molecule has 1 aromatic carbocycles. The van der Waals surface area contributed by atoms with Gasteiger partial charge in [0.25, 0.3) is 0 Å². The number of carbonyl (C=O) groups is 3. The number of aryl methyl sites for hydroxylation is 1. The van der Waals surface area contributed by atoms with E-state index in [1.807, 2.05) is 24.3 Å². The Kier molecular flexibility index (Phi) is 6.40. The maximum atomic E-state index is 12.2. The molecule has 0 fully saturated rings. The van der Waals surface area contributed by atoms with Gasteiger partial charge in [0.15, 0.2) is 11.6 Å². The summed E-state index contributed by atoms with van der Waals surface area (Å²) in [4.78, 5) is 35.7. The average Bonchev–Trinajstić information content (AvgIpc) is 3.08. The predicted molar refractivity (Wildman–Crippen MR) is 94.3 cm³/mol. The van der Waals surface area contributed by atoms with Crippen LogP contribution in [0.25, 0.3) is 0 Å². The molecule has 1 amide bonds. The Morgan fingerprint density at radius 3 is 2.12 bits per heavy atom. The van der Waals surface area contributed by atoms with Crippen LogP contribution in [0.15, 0.2) is 36.4 Å². The van der Waals surface area contributed by atoms with Gasteiger partial charge in [0.05, 0.1) is 16.3 Å². The molecule has 1 aromatic heterocycles. The molecule has 2 rings (SSSR count). The van der Waals surface area contributed by atoms with Crippen molar-refractivity contribution in [2.24, 2.45) is 5.73 Å². The van der Waals surface area contributed by atoms with Crippen LogP contribution in [0, 0.1) is 0 Å². The van der Waals surface area contributed by atoms with Gasteiger partial charge in [-0.3, -0.25) is 14.4 Å². The number of Topliss-reactive ketones (excluding diaryl/α,β-unsaturated/α-hetero) is 2. The molecule has 0 atom stereocenters. The summed E-state index contributed by atoms with van der Waals surface area (Å²) in [5.41, 5.74) is 7.40. The Bertz CT molecular complexity index is 735. The first kappa shape index (κ1) is 18.0. The molecular weight excluding hydrogens is 324 g/mol. The summed E-state index contributed by atoms with van der Waals surface area (Å²) in [5.74, 6) is -0.180. The minimum Gasteiger partial charge on any atom is -0.352 e. The van der Waals surface area contributed by atoms with Crippen molar-refractivity contribution >= 4 is 28.8 Å². The van der Waals surface area contributed by atoms with Crippen molar-refractivity contribution in [3.8, 4) is 0 Å². The summed E-state index contributed by atoms with van der Waals surface area (Å²) in [6.45, 7) is 1.94. The van der Waals surface area contributed by atoms with E-state index in [2.05, 4.69) is 5.32 Å². The molecule has 0 aliphatic heterocycles. The highest BCUT2D eigenvalue weighted by Gasteiger charge is 2.12. The first-order valence-electron chi connectivity index (χ1n) is 7.68. The van der Waals surface area contributed by atoms with Gasteiger partial charge in [0.1, 0.15) is 0 Å². The van der Waals surface area contributed by atoms with Crippen molar-refractivity contribution in [1.29, 1.82) is 0 Å². The van der Waals surface area contributed by atoms with Crippen LogP contribution in [0.5, 0.6) is 0 Å². The molecule has 0 aliphatic rings. The Morgan fingerprint density at radius 2 is 1.54 bits per heavy atom. The van der Waals surface area contributed by atoms with E-state index in [1.165, 1.54) is 18.3 Å². The Labute approximate surface area is 144 Å². The third kappa shape index (κ3) is 5.11. The molecule has 0 aliphatic carbocycles. The van der Waals surface area contributed by atoms with Gasteiger partial charge in [-0.15, -0.1) is 11.3 Å². The quantitative estimate of drug-likeness (QED) is 0.719. The van der Waals surface area contributed by atoms with Crippen molar-refractivity contribution in [2.75, 3.05) is 6.54 Å². The van der Waals surface area contributed by atoms with Crippen LogP contribution in [0.1, 0.15) is 43.8 Å². The van der Waals surface area contributed by atoms with Crippen LogP contribution in [-0.2, 0) is 17.8 Å². The van der Waals surface area contributed by atoms with Gasteiger partial charge in [0, 0.05) is 19.9 Å². The van der Waals surface area contributed by atoms with Gasteiger partial charge in [-0.25, -0.2) is 0 Å². The first-order valence-corrected chi connectivity index (χ1v) is 8.50. The lowest BCUT2D eigenvalue weighted by molar-refractivity contribution is -0.119. The average molecular weight is 344 g/mol. The van der Waals surface area contributed by atoms with E-state index < -0.39 is 0 Å². The van der Waals surface area contributed by atoms with Gasteiger partial charge in [0.2, 0.25) is 5.91 Å². The molecule has 5 nitrogen and oxygen atoms in total. The van der Waals surface area contributed by atoms with E-state index in [1.54, 1.807) is 12.1 Å². The molecule has 3 N–H and O–H groups in total. The zero-order valence-electron chi connectivity index (χ0n) is 13.5. The van der Waals surface area contributed by atoms with Crippen LogP contribution < -0.4 is 11.1 Å². The van der Waals surface area contributed by atoms with Gasteiger partial charge in [-0.1, -0.05) is 24.3 Å². The Morgan fingerprint density at radius 1 is 0.958 bits per heavy atom. The van der Waals surface area contributed by atoms with Crippen LogP contribution in [0.2, 0.25) is 0 Å². The molecule has 24 heavy (non-hydrogen) atoms. The summed E-state index contributed by atoms with van der Waals surface area (Å²) in [6.07, 6.45) is 1.03. The SMILES string of the molecule is CC(=O)NCc1ccc(CCC(=O)c2ccc(C(=O)CN)s2)cc1. The Hall–Kier alpha value is -2.31. The zero-order valence-corrected chi connectivity index (χ0v) is 14.3. The largest absolute Gasteiger partial charge is 0.352 e. The molecule has 1 heterocycles. The molecule has 0 bridgehead atoms. The normalized spacial score (nSPS) is 10.4. The third-order valence-electron chi connectivity index (χ3n) is 3.55. The topological polar surface area (TPSA) is 89.3 Å². The summed E-state index contributed by atoms with van der Waals surface area (Å²) in [5, 5.41) is 2.74. The fourth-order valence-electron chi connectivity index (χ4n) is 2.17. The van der Waals surface area contributed by atoms with Crippen molar-refractivity contribution in [3.63, 3.8) is 0 Å². The smallest absolute Gasteiger partial charge is 0.217 e. The minimum absolute atomic E-state index is 0.0263. The highest BCUT2D eigenvalue weighted by atomic mass is 32.1. The fourth-order valence-corrected chi connectivity index (χ4v) is 3.09. The van der Waals surface area contributed by atoms with E-state index in [-0.39, 0.29) is 24.0 Å². The van der Waals surface area contributed by atoms with Gasteiger partial charge in [-0.2, -0.15) is 0 Å². The van der Waals surface area contributed by atoms with Crippen molar-refractivity contribution < 1.29 is 14.4 Å². The van der Waals surface area contributed by atoms with Crippen LogP contribution >= 0.6 is 11.3 Å². The van der Waals surface area contributed by atoms with E-state index in [4.69, 9.17) is 5.73 Å². The van der Waals surface area contributed by atoms with E-state index in [9.17, 15) is 14.4 Å². The molecule has 0 saturated carbocycles. The molecule has 126 valence electrons. The number of thiophene rings is 1. The number of carbonyl (C=O) groups excluding carboxylic acids is 3. The zero-order chi connectivity index (χ0) is 17.5. The summed E-state index contributed by atoms with van der Waals surface area (Å²) in [7, 11) is 0. The summed E-state index contributed by atoms with van der Waals surface area (Å²) < 4.78 is 0. The summed E-state index contributed by atoms with van der Waals surface area (Å²) in [6, 6.07) is 11.2. The van der Waals surface area contributed by atoms with Crippen molar-refractivity contribution in [2.45, 2.75) is 26.3 Å². The maximum Gasteiger partial charge on any atom is 0.217 e. The number of nitrogens with two attached hydrogens (primary N) is 1. The van der Waals surface area contributed by atoms with Gasteiger partial charge < -0.3 is 11.1 Å². The molecular formula is C18H20N2O3S. The second kappa shape index (κ2) is 8.52. The molecule has 0 radical (unpaired) electrons. The van der Waals surface area contributed by atoms with E-state index in [0.29, 0.717) is 29.1 Å². The predicted octanol–water partition coefficient (Wildman–Crippen LogP) is 2.34. The number of nitrogens with one attached hydrogen (secondary N) is 1. The van der Waals surface area contributed by atoms with E-state index >= 15 is 0 Å². The Balaban J connectivity index is 1.88.